The maximum absolute atomic E-state index is 13.6. The molecule has 0 heterocycles. The molecular formula is C15H10BrF3N2O. The number of hydrogen-bond donors (Lipinski definition) is 2. The van der Waals surface area contributed by atoms with Gasteiger partial charge in [0, 0.05) is 10.0 Å². The molecule has 0 aliphatic rings. The third-order valence-corrected chi connectivity index (χ3v) is 3.24. The molecule has 0 saturated heterocycles. The van der Waals surface area contributed by atoms with Crippen LogP contribution in [0.3, 0.4) is 0 Å². The molecule has 0 saturated carbocycles. The minimum Gasteiger partial charge on any atom is -0.339 e. The fraction of sp³-hybridized carbons (Fsp3) is 0.0667. The zero-order valence-corrected chi connectivity index (χ0v) is 12.7. The lowest BCUT2D eigenvalue weighted by Crippen LogP contribution is -2.17. The van der Waals surface area contributed by atoms with E-state index in [9.17, 15) is 18.0 Å². The summed E-state index contributed by atoms with van der Waals surface area (Å²) in [6.45, 7) is 0. The van der Waals surface area contributed by atoms with Gasteiger partial charge in [0.2, 0.25) is 0 Å². The van der Waals surface area contributed by atoms with Crippen LogP contribution in [-0.2, 0) is 0 Å². The summed E-state index contributed by atoms with van der Waals surface area (Å²) in [6.07, 6.45) is -0.388. The predicted octanol–water partition coefficient (Wildman–Crippen LogP) is 4.53. The lowest BCUT2D eigenvalue weighted by Gasteiger charge is -2.10. The molecule has 0 amide bonds. The number of hydrogen-bond acceptors (Lipinski definition) is 2. The number of amidine groups is 1. The van der Waals surface area contributed by atoms with Gasteiger partial charge in [-0.15, -0.1) is 0 Å². The van der Waals surface area contributed by atoms with Crippen LogP contribution >= 0.6 is 15.9 Å². The van der Waals surface area contributed by atoms with Crippen LogP contribution in [0.5, 0.6) is 0 Å². The van der Waals surface area contributed by atoms with E-state index >= 15 is 0 Å². The number of Topliss-reactive ketones (excluding diaryl/α,β-unsaturated/α-hetero) is 1. The normalized spacial score (nSPS) is 10.4. The smallest absolute Gasteiger partial charge is 0.170 e. The molecule has 3 nitrogen and oxygen atoms in total. The summed E-state index contributed by atoms with van der Waals surface area (Å²) in [5, 5.41) is 9.88. The first-order valence-corrected chi connectivity index (χ1v) is 6.94. The van der Waals surface area contributed by atoms with Crippen LogP contribution in [0.2, 0.25) is 0 Å². The van der Waals surface area contributed by atoms with Crippen LogP contribution < -0.4 is 5.32 Å². The second-order valence-electron chi connectivity index (χ2n) is 4.45. The zero-order chi connectivity index (χ0) is 16.3. The van der Waals surface area contributed by atoms with Crippen LogP contribution in [0.4, 0.5) is 18.9 Å². The van der Waals surface area contributed by atoms with Gasteiger partial charge < -0.3 is 5.32 Å². The van der Waals surface area contributed by atoms with Crippen molar-refractivity contribution in [1.29, 1.82) is 5.41 Å². The van der Waals surface area contributed by atoms with Gasteiger partial charge in [-0.25, -0.2) is 13.2 Å². The Hall–Kier alpha value is -2.15. The molecule has 2 N–H and O–H groups in total. The molecule has 0 radical (unpaired) electrons. The summed E-state index contributed by atoms with van der Waals surface area (Å²) in [5.41, 5.74) is -0.287. The van der Waals surface area contributed by atoms with E-state index in [4.69, 9.17) is 5.41 Å². The summed E-state index contributed by atoms with van der Waals surface area (Å²) in [7, 11) is 0. The van der Waals surface area contributed by atoms with Crippen molar-refractivity contribution in [2.75, 3.05) is 5.32 Å². The van der Waals surface area contributed by atoms with Crippen LogP contribution in [0.15, 0.2) is 40.9 Å². The van der Waals surface area contributed by atoms with E-state index in [1.165, 1.54) is 12.1 Å². The standard InChI is InChI=1S/C15H10BrF3N2O/c16-9-5-11(18)15(12(19)6-9)21-14(20)7-13(22)8-1-3-10(17)4-2-8/h1-6H,7H2,(H2,20,21). The average Bonchev–Trinajstić information content (AvgIpc) is 2.43. The molecule has 0 aromatic heterocycles. The molecule has 22 heavy (non-hydrogen) atoms. The SMILES string of the molecule is N=C(CC(=O)c1ccc(F)cc1)Nc1c(F)cc(Br)cc1F. The molecule has 7 heteroatoms. The van der Waals surface area contributed by atoms with Crippen molar-refractivity contribution in [3.8, 4) is 0 Å². The topological polar surface area (TPSA) is 53.0 Å². The number of ketones is 1. The fourth-order valence-electron chi connectivity index (χ4n) is 1.76. The highest BCUT2D eigenvalue weighted by molar-refractivity contribution is 9.10. The molecule has 0 aliphatic carbocycles. The second kappa shape index (κ2) is 6.74. The van der Waals surface area contributed by atoms with Crippen LogP contribution in [0.1, 0.15) is 16.8 Å². The number of nitrogens with one attached hydrogen (secondary N) is 2. The molecule has 0 fully saturated rings. The molecule has 0 bridgehead atoms. The van der Waals surface area contributed by atoms with Gasteiger partial charge in [0.1, 0.15) is 17.3 Å². The number of carbonyl (C=O) groups excluding carboxylic acids is 1. The molecule has 0 atom stereocenters. The Bertz CT molecular complexity index is 709. The molecule has 2 rings (SSSR count). The van der Waals surface area contributed by atoms with Gasteiger partial charge in [0.25, 0.3) is 0 Å². The van der Waals surface area contributed by atoms with E-state index < -0.39 is 28.9 Å². The fourth-order valence-corrected chi connectivity index (χ4v) is 2.16. The predicted molar refractivity (Wildman–Crippen MR) is 80.8 cm³/mol. The molecule has 0 spiro atoms. The van der Waals surface area contributed by atoms with E-state index in [0.717, 1.165) is 24.3 Å². The molecule has 2 aromatic carbocycles. The highest BCUT2D eigenvalue weighted by Crippen LogP contribution is 2.24. The Balaban J connectivity index is 2.07. The largest absolute Gasteiger partial charge is 0.339 e. The van der Waals surface area contributed by atoms with Crippen LogP contribution in [0, 0.1) is 22.9 Å². The van der Waals surface area contributed by atoms with Crippen molar-refractivity contribution in [3.05, 3.63) is 63.9 Å². The zero-order valence-electron chi connectivity index (χ0n) is 11.1. The van der Waals surface area contributed by atoms with E-state index in [0.29, 0.717) is 0 Å². The number of benzene rings is 2. The van der Waals surface area contributed by atoms with Gasteiger partial charge in [-0.1, -0.05) is 15.9 Å². The number of anilines is 1. The van der Waals surface area contributed by atoms with Gasteiger partial charge >= 0.3 is 0 Å². The molecular weight excluding hydrogens is 361 g/mol. The first kappa shape index (κ1) is 16.2. The number of carbonyl (C=O) groups is 1. The lowest BCUT2D eigenvalue weighted by atomic mass is 10.1. The lowest BCUT2D eigenvalue weighted by molar-refractivity contribution is 0.100. The minimum atomic E-state index is -0.883. The first-order valence-electron chi connectivity index (χ1n) is 6.14. The average molecular weight is 371 g/mol. The van der Waals surface area contributed by atoms with Crippen molar-refractivity contribution in [2.45, 2.75) is 6.42 Å². The van der Waals surface area contributed by atoms with Gasteiger partial charge in [-0.05, 0) is 36.4 Å². The Labute approximate surface area is 132 Å². The quantitative estimate of drug-likeness (QED) is 0.472. The molecule has 0 unspecified atom stereocenters. The van der Waals surface area contributed by atoms with Crippen molar-refractivity contribution in [1.82, 2.24) is 0 Å². The van der Waals surface area contributed by atoms with E-state index in [-0.39, 0.29) is 22.3 Å². The second-order valence-corrected chi connectivity index (χ2v) is 5.37. The maximum atomic E-state index is 13.6. The van der Waals surface area contributed by atoms with Gasteiger partial charge in [-0.3, -0.25) is 10.2 Å². The van der Waals surface area contributed by atoms with Gasteiger partial charge in [0.15, 0.2) is 17.4 Å². The first-order chi connectivity index (χ1) is 10.4. The molecule has 0 aliphatic heterocycles. The van der Waals surface area contributed by atoms with Crippen molar-refractivity contribution in [2.24, 2.45) is 0 Å². The summed E-state index contributed by atoms with van der Waals surface area (Å²) in [6, 6.07) is 6.90. The third kappa shape index (κ3) is 3.94. The van der Waals surface area contributed by atoms with Crippen molar-refractivity contribution in [3.63, 3.8) is 0 Å². The van der Waals surface area contributed by atoms with Crippen LogP contribution in [0.25, 0.3) is 0 Å². The monoisotopic (exact) mass is 370 g/mol. The summed E-state index contributed by atoms with van der Waals surface area (Å²) in [5.74, 6) is -3.08. The molecule has 114 valence electrons. The van der Waals surface area contributed by atoms with Crippen LogP contribution in [-0.4, -0.2) is 11.6 Å². The van der Waals surface area contributed by atoms with E-state index in [1.807, 2.05) is 0 Å². The minimum absolute atomic E-state index is 0.213. The Kier molecular flexibility index (Phi) is 4.97. The Morgan fingerprint density at radius 1 is 1.09 bits per heavy atom. The van der Waals surface area contributed by atoms with Crippen molar-refractivity contribution < 1.29 is 18.0 Å². The highest BCUT2D eigenvalue weighted by atomic mass is 79.9. The maximum Gasteiger partial charge on any atom is 0.170 e. The number of rotatable bonds is 4. The number of halogens is 4. The summed E-state index contributed by atoms with van der Waals surface area (Å²) in [4.78, 5) is 11.9. The third-order valence-electron chi connectivity index (χ3n) is 2.79. The van der Waals surface area contributed by atoms with Gasteiger partial charge in [-0.2, -0.15) is 0 Å². The summed E-state index contributed by atoms with van der Waals surface area (Å²) < 4.78 is 40.2. The highest BCUT2D eigenvalue weighted by Gasteiger charge is 2.14. The molecule has 2 aromatic rings. The Morgan fingerprint density at radius 2 is 1.64 bits per heavy atom. The van der Waals surface area contributed by atoms with Crippen molar-refractivity contribution >= 4 is 33.2 Å². The van der Waals surface area contributed by atoms with E-state index in [1.54, 1.807) is 0 Å². The summed E-state index contributed by atoms with van der Waals surface area (Å²) >= 11 is 2.94. The van der Waals surface area contributed by atoms with Gasteiger partial charge in [0.05, 0.1) is 6.42 Å². The van der Waals surface area contributed by atoms with E-state index in [2.05, 4.69) is 21.2 Å². The Morgan fingerprint density at radius 3 is 2.18 bits per heavy atom.